The van der Waals surface area contributed by atoms with Gasteiger partial charge in [-0.25, -0.2) is 9.80 Å². The van der Waals surface area contributed by atoms with Crippen molar-refractivity contribution < 1.29 is 14.7 Å². The molecule has 0 saturated heterocycles. The monoisotopic (exact) mass is 300 g/mol. The molecule has 0 saturated carbocycles. The first kappa shape index (κ1) is 13.8. The van der Waals surface area contributed by atoms with Crippen LogP contribution < -0.4 is 0 Å². The van der Waals surface area contributed by atoms with Gasteiger partial charge in [0.15, 0.2) is 0 Å². The fourth-order valence-electron chi connectivity index (χ4n) is 1.70. The third-order valence-corrected chi connectivity index (χ3v) is 3.28. The molecular weight excluding hydrogens is 291 g/mol. The van der Waals surface area contributed by atoms with Gasteiger partial charge in [0.25, 0.3) is 0 Å². The molecule has 7 heteroatoms. The van der Waals surface area contributed by atoms with E-state index >= 15 is 0 Å². The average Bonchev–Trinajstić information content (AvgIpc) is 2.36. The number of carbonyl (C=O) groups is 2. The standard InChI is InChI=1S/C12H10Cl2N2O3/c13-8-1-2-9(14)7(5-8)6-16-11(17)4-3-10(15-16)12(18)19/h1-2,5H,3-4,6H2,(H,18,19). The summed E-state index contributed by atoms with van der Waals surface area (Å²) in [6.45, 7) is 0.106. The van der Waals surface area contributed by atoms with Crippen molar-refractivity contribution in [1.29, 1.82) is 0 Å². The Kier molecular flexibility index (Phi) is 4.07. The van der Waals surface area contributed by atoms with Gasteiger partial charge >= 0.3 is 5.97 Å². The van der Waals surface area contributed by atoms with E-state index in [0.717, 1.165) is 5.01 Å². The number of rotatable bonds is 3. The molecule has 1 aromatic rings. The molecule has 0 aromatic heterocycles. The Balaban J connectivity index is 2.25. The lowest BCUT2D eigenvalue weighted by molar-refractivity contribution is -0.133. The van der Waals surface area contributed by atoms with Gasteiger partial charge in [0.1, 0.15) is 5.71 Å². The molecule has 0 spiro atoms. The van der Waals surface area contributed by atoms with Crippen molar-refractivity contribution in [3.63, 3.8) is 0 Å². The van der Waals surface area contributed by atoms with Gasteiger partial charge in [0, 0.05) is 22.9 Å². The lowest BCUT2D eigenvalue weighted by Gasteiger charge is -2.22. The van der Waals surface area contributed by atoms with Crippen LogP contribution in [0, 0.1) is 0 Å². The van der Waals surface area contributed by atoms with Crippen LogP contribution >= 0.6 is 23.2 Å². The Morgan fingerprint density at radius 1 is 1.37 bits per heavy atom. The Morgan fingerprint density at radius 3 is 2.79 bits per heavy atom. The van der Waals surface area contributed by atoms with Crippen LogP contribution in [-0.4, -0.2) is 27.7 Å². The lowest BCUT2D eigenvalue weighted by Crippen LogP contribution is -2.33. The maximum atomic E-state index is 11.7. The molecular formula is C12H10Cl2N2O3. The Hall–Kier alpha value is -1.59. The van der Waals surface area contributed by atoms with E-state index in [4.69, 9.17) is 28.3 Å². The number of benzene rings is 1. The predicted molar refractivity (Wildman–Crippen MR) is 71.3 cm³/mol. The summed E-state index contributed by atoms with van der Waals surface area (Å²) in [5, 5.41) is 14.8. The van der Waals surface area contributed by atoms with E-state index in [-0.39, 0.29) is 31.0 Å². The van der Waals surface area contributed by atoms with Crippen molar-refractivity contribution in [2.45, 2.75) is 19.4 Å². The van der Waals surface area contributed by atoms with Gasteiger partial charge in [-0.15, -0.1) is 0 Å². The van der Waals surface area contributed by atoms with Crippen LogP contribution in [-0.2, 0) is 16.1 Å². The van der Waals surface area contributed by atoms with E-state index in [1.54, 1.807) is 18.2 Å². The number of carboxylic acids is 1. The Labute approximate surface area is 119 Å². The van der Waals surface area contributed by atoms with Crippen molar-refractivity contribution in [3.05, 3.63) is 33.8 Å². The first-order chi connectivity index (χ1) is 8.97. The van der Waals surface area contributed by atoms with Crippen molar-refractivity contribution in [2.24, 2.45) is 5.10 Å². The summed E-state index contributed by atoms with van der Waals surface area (Å²) in [4.78, 5) is 22.6. The van der Waals surface area contributed by atoms with Crippen LogP contribution in [0.4, 0.5) is 0 Å². The molecule has 0 aliphatic carbocycles. The van der Waals surface area contributed by atoms with Crippen LogP contribution in [0.3, 0.4) is 0 Å². The summed E-state index contributed by atoms with van der Waals surface area (Å²) < 4.78 is 0. The fourth-order valence-corrected chi connectivity index (χ4v) is 2.08. The zero-order chi connectivity index (χ0) is 14.0. The number of amides is 1. The van der Waals surface area contributed by atoms with Gasteiger partial charge in [-0.3, -0.25) is 4.79 Å². The molecule has 1 aromatic carbocycles. The maximum absolute atomic E-state index is 11.7. The zero-order valence-electron chi connectivity index (χ0n) is 9.77. The number of hydrogen-bond acceptors (Lipinski definition) is 3. The second kappa shape index (κ2) is 5.59. The molecule has 0 fully saturated rings. The molecule has 5 nitrogen and oxygen atoms in total. The quantitative estimate of drug-likeness (QED) is 0.932. The number of hydrogen-bond donors (Lipinski definition) is 1. The number of aliphatic carboxylic acids is 1. The second-order valence-corrected chi connectivity index (χ2v) is 4.88. The van der Waals surface area contributed by atoms with E-state index in [0.29, 0.717) is 15.6 Å². The molecule has 1 N–H and O–H groups in total. The Morgan fingerprint density at radius 2 is 2.11 bits per heavy atom. The van der Waals surface area contributed by atoms with Crippen molar-refractivity contribution >= 4 is 40.8 Å². The van der Waals surface area contributed by atoms with Gasteiger partial charge in [0.2, 0.25) is 5.91 Å². The van der Waals surface area contributed by atoms with Gasteiger partial charge < -0.3 is 5.11 Å². The summed E-state index contributed by atoms with van der Waals surface area (Å²) in [6, 6.07) is 4.88. The van der Waals surface area contributed by atoms with Crippen LogP contribution in [0.2, 0.25) is 10.0 Å². The topological polar surface area (TPSA) is 70.0 Å². The first-order valence-electron chi connectivity index (χ1n) is 5.52. The molecule has 1 aliphatic rings. The highest BCUT2D eigenvalue weighted by molar-refractivity contribution is 6.36. The van der Waals surface area contributed by atoms with E-state index in [2.05, 4.69) is 5.10 Å². The molecule has 0 bridgehead atoms. The minimum Gasteiger partial charge on any atom is -0.477 e. The third kappa shape index (κ3) is 3.24. The minimum absolute atomic E-state index is 0.0299. The molecule has 100 valence electrons. The van der Waals surface area contributed by atoms with Crippen molar-refractivity contribution in [1.82, 2.24) is 5.01 Å². The smallest absolute Gasteiger partial charge is 0.352 e. The highest BCUT2D eigenvalue weighted by atomic mass is 35.5. The van der Waals surface area contributed by atoms with E-state index < -0.39 is 5.97 Å². The molecule has 2 rings (SSSR count). The van der Waals surface area contributed by atoms with E-state index in [1.807, 2.05) is 0 Å². The normalized spacial score (nSPS) is 15.4. The summed E-state index contributed by atoms with van der Waals surface area (Å²) >= 11 is 11.9. The molecule has 19 heavy (non-hydrogen) atoms. The zero-order valence-corrected chi connectivity index (χ0v) is 11.3. The molecule has 1 aliphatic heterocycles. The van der Waals surface area contributed by atoms with Gasteiger partial charge in [-0.1, -0.05) is 23.2 Å². The van der Waals surface area contributed by atoms with Crippen LogP contribution in [0.25, 0.3) is 0 Å². The van der Waals surface area contributed by atoms with Gasteiger partial charge in [-0.2, -0.15) is 5.10 Å². The van der Waals surface area contributed by atoms with Crippen LogP contribution in [0.1, 0.15) is 18.4 Å². The first-order valence-corrected chi connectivity index (χ1v) is 6.28. The molecule has 0 unspecified atom stereocenters. The number of carboxylic acid groups (broad SMARTS) is 1. The lowest BCUT2D eigenvalue weighted by atomic mass is 10.1. The van der Waals surface area contributed by atoms with E-state index in [1.165, 1.54) is 0 Å². The third-order valence-electron chi connectivity index (χ3n) is 2.68. The molecule has 0 atom stereocenters. The SMILES string of the molecule is O=C(O)C1=NN(Cc2cc(Cl)ccc2Cl)C(=O)CC1. The second-order valence-electron chi connectivity index (χ2n) is 4.04. The Bertz CT molecular complexity index is 572. The van der Waals surface area contributed by atoms with E-state index in [9.17, 15) is 9.59 Å². The van der Waals surface area contributed by atoms with Crippen molar-refractivity contribution in [2.75, 3.05) is 0 Å². The number of carbonyl (C=O) groups excluding carboxylic acids is 1. The maximum Gasteiger partial charge on any atom is 0.352 e. The summed E-state index contributed by atoms with van der Waals surface area (Å²) in [6.07, 6.45) is 0.275. The van der Waals surface area contributed by atoms with Crippen molar-refractivity contribution in [3.8, 4) is 0 Å². The van der Waals surface area contributed by atoms with Crippen LogP contribution in [0.5, 0.6) is 0 Å². The number of halogens is 2. The molecule has 1 amide bonds. The average molecular weight is 301 g/mol. The highest BCUT2D eigenvalue weighted by Gasteiger charge is 2.24. The summed E-state index contributed by atoms with van der Waals surface area (Å²) in [5.74, 6) is -1.35. The minimum atomic E-state index is -1.12. The number of hydrazone groups is 1. The predicted octanol–water partition coefficient (Wildman–Crippen LogP) is 2.56. The summed E-state index contributed by atoms with van der Waals surface area (Å²) in [5.41, 5.74) is 0.593. The summed E-state index contributed by atoms with van der Waals surface area (Å²) in [7, 11) is 0. The highest BCUT2D eigenvalue weighted by Crippen LogP contribution is 2.23. The molecule has 0 radical (unpaired) electrons. The molecule has 1 heterocycles. The van der Waals surface area contributed by atoms with Gasteiger partial charge in [-0.05, 0) is 23.8 Å². The fraction of sp³-hybridized carbons (Fsp3) is 0.250. The van der Waals surface area contributed by atoms with Gasteiger partial charge in [0.05, 0.1) is 6.54 Å². The van der Waals surface area contributed by atoms with Crippen LogP contribution in [0.15, 0.2) is 23.3 Å². The number of nitrogens with zero attached hydrogens (tertiary/aromatic N) is 2. The largest absolute Gasteiger partial charge is 0.477 e.